The van der Waals surface area contributed by atoms with E-state index in [4.69, 9.17) is 0 Å². The molecule has 0 N–H and O–H groups in total. The van der Waals surface area contributed by atoms with Gasteiger partial charge < -0.3 is 4.90 Å². The second-order valence-electron chi connectivity index (χ2n) is 5.13. The summed E-state index contributed by atoms with van der Waals surface area (Å²) in [7, 11) is 17.0. The van der Waals surface area contributed by atoms with Crippen LogP contribution in [0.5, 0.6) is 0 Å². The Bertz CT molecular complexity index is 284. The molecule has 0 aliphatic carbocycles. The zero-order chi connectivity index (χ0) is 13.7. The molecule has 2 atom stereocenters. The molecule has 11 heteroatoms. The third-order valence-corrected chi connectivity index (χ3v) is 4.07. The lowest BCUT2D eigenvalue weighted by atomic mass is 8.75. The zero-order valence-electron chi connectivity index (χ0n) is 11.8. The van der Waals surface area contributed by atoms with Crippen LogP contribution in [-0.2, 0) is 4.79 Å². The molecule has 2 unspecified atom stereocenters. The van der Waals surface area contributed by atoms with Crippen LogP contribution in [0.3, 0.4) is 0 Å². The number of nitrogens with zero attached hydrogens (tertiary/aromatic N) is 1. The van der Waals surface area contributed by atoms with Crippen molar-refractivity contribution >= 4 is 69.1 Å². The van der Waals surface area contributed by atoms with E-state index in [1.165, 1.54) is 0 Å². The highest BCUT2D eigenvalue weighted by Crippen LogP contribution is 2.39. The molecule has 3 fully saturated rings. The topological polar surface area (TPSA) is 20.3 Å². The number of fused-ring (bicyclic) bond motifs is 6. The molecule has 19 heavy (non-hydrogen) atoms. The molecule has 8 radical (unpaired) electrons. The van der Waals surface area contributed by atoms with Crippen LogP contribution < -0.4 is 0 Å². The van der Waals surface area contributed by atoms with E-state index < -0.39 is 0 Å². The summed E-state index contributed by atoms with van der Waals surface area (Å²) >= 11 is 0. The van der Waals surface area contributed by atoms with Crippen LogP contribution in [-0.4, -0.2) is 87.1 Å². The maximum atomic E-state index is 12.2. The minimum Gasteiger partial charge on any atom is -0.343 e. The monoisotopic (exact) mass is 239 g/mol. The Hall–Kier alpha value is 0.0544. The first-order valence-corrected chi connectivity index (χ1v) is 7.24. The lowest BCUT2D eigenvalue weighted by Crippen LogP contribution is -2.58. The van der Waals surface area contributed by atoms with Gasteiger partial charge in [0, 0.05) is 69.0 Å². The highest BCUT2D eigenvalue weighted by molar-refractivity contribution is 7.72. The minimum atomic E-state index is 0.288. The Kier molecular flexibility index (Phi) is 6.29. The number of rotatable bonds is 4. The van der Waals surface area contributed by atoms with Crippen molar-refractivity contribution in [3.8, 4) is 0 Å². The van der Waals surface area contributed by atoms with Crippen molar-refractivity contribution < 1.29 is 4.79 Å². The fraction of sp³-hybridized carbons (Fsp3) is 0.875. The summed E-state index contributed by atoms with van der Waals surface area (Å²) in [4.78, 5) is 14.2. The molecule has 0 spiro atoms. The van der Waals surface area contributed by atoms with Gasteiger partial charge in [-0.15, -0.1) is 5.72 Å². The average molecular weight is 238 g/mol. The Labute approximate surface area is 124 Å². The summed E-state index contributed by atoms with van der Waals surface area (Å²) < 4.78 is 0. The van der Waals surface area contributed by atoms with Gasteiger partial charge in [-0.2, -0.15) is 0 Å². The third-order valence-electron chi connectivity index (χ3n) is 4.07. The molecule has 3 saturated heterocycles. The van der Waals surface area contributed by atoms with Gasteiger partial charge in [-0.1, -0.05) is 5.82 Å². The van der Waals surface area contributed by atoms with Crippen LogP contribution in [0.1, 0.15) is 20.3 Å². The third kappa shape index (κ3) is 4.01. The van der Waals surface area contributed by atoms with Crippen LogP contribution in [0.4, 0.5) is 0 Å². The molecule has 3 aliphatic rings. The van der Waals surface area contributed by atoms with Crippen molar-refractivity contribution in [1.29, 1.82) is 0 Å². The highest BCUT2D eigenvalue weighted by Gasteiger charge is 2.43. The molecule has 0 aromatic rings. The molecule has 0 aromatic heterocycles. The van der Waals surface area contributed by atoms with Crippen molar-refractivity contribution in [2.24, 2.45) is 0 Å². The largest absolute Gasteiger partial charge is 0.343 e. The summed E-state index contributed by atoms with van der Waals surface area (Å²) in [5, 5.41) is 0. The molecule has 0 saturated carbocycles. The van der Waals surface area contributed by atoms with Crippen molar-refractivity contribution in [1.82, 2.24) is 4.90 Å². The highest BCUT2D eigenvalue weighted by atomic mass is 16.2. The predicted octanol–water partition coefficient (Wildman–Crippen LogP) is -2.00. The van der Waals surface area contributed by atoms with Gasteiger partial charge in [0.1, 0.15) is 0 Å². The standard InChI is InChI=1S/C8H14B9NO/c1-3-18(4-2)7(19)5-6-8-9-11-12-13-14-15-16-17(6)10-8/h6,8H,3-5H2,1-2H3. The first kappa shape index (κ1) is 15.4. The first-order valence-electron chi connectivity index (χ1n) is 7.24. The Balaban J connectivity index is 1.88. The number of amides is 1. The number of hydrogen-bond acceptors (Lipinski definition) is 1. The molecule has 1 amide bonds. The van der Waals surface area contributed by atoms with Gasteiger partial charge in [-0.25, -0.2) is 0 Å². The maximum absolute atomic E-state index is 12.2. The van der Waals surface area contributed by atoms with E-state index >= 15 is 0 Å². The van der Waals surface area contributed by atoms with Crippen molar-refractivity contribution in [2.75, 3.05) is 13.1 Å². The van der Waals surface area contributed by atoms with E-state index in [1.54, 1.807) is 0 Å². The Morgan fingerprint density at radius 3 is 2.53 bits per heavy atom. The van der Waals surface area contributed by atoms with Gasteiger partial charge in [-0.3, -0.25) is 4.79 Å². The molecular weight excluding hydrogens is 223 g/mol. The van der Waals surface area contributed by atoms with E-state index in [2.05, 4.69) is 35.5 Å². The second kappa shape index (κ2) is 7.74. The van der Waals surface area contributed by atoms with Gasteiger partial charge in [0.15, 0.2) is 0 Å². The van der Waals surface area contributed by atoms with E-state index in [0.29, 0.717) is 24.4 Å². The fourth-order valence-corrected chi connectivity index (χ4v) is 2.82. The SMILES string of the molecule is CCN(CC)C(=O)CC1B2[B][B][B][B][B][B][B]C1[B]2. The normalized spacial score (nSPS) is 24.2. The van der Waals surface area contributed by atoms with Crippen LogP contribution in [0.25, 0.3) is 0 Å². The van der Waals surface area contributed by atoms with Crippen molar-refractivity contribution in [3.63, 3.8) is 0 Å². The minimum absolute atomic E-state index is 0.288. The molecule has 84 valence electrons. The van der Waals surface area contributed by atoms with Gasteiger partial charge >= 0.3 is 0 Å². The van der Waals surface area contributed by atoms with Crippen LogP contribution in [0.2, 0.25) is 11.5 Å². The Morgan fingerprint density at radius 1 is 1.11 bits per heavy atom. The van der Waals surface area contributed by atoms with E-state index in [0.717, 1.165) is 13.1 Å². The molecular formula is C8H14B9NO. The summed E-state index contributed by atoms with van der Waals surface area (Å²) in [6, 6.07) is 0. The lowest BCUT2D eigenvalue weighted by Gasteiger charge is -2.45. The summed E-state index contributed by atoms with van der Waals surface area (Å²) in [5.74, 6) is 0.719. The number of hydrogen-bond donors (Lipinski definition) is 0. The lowest BCUT2D eigenvalue weighted by molar-refractivity contribution is -0.130. The van der Waals surface area contributed by atoms with Crippen molar-refractivity contribution in [2.45, 2.75) is 31.8 Å². The molecule has 0 aromatic carbocycles. The summed E-state index contributed by atoms with van der Waals surface area (Å²) in [5.41, 5.74) is 0.442. The van der Waals surface area contributed by atoms with E-state index in [1.807, 2.05) is 39.9 Å². The molecule has 2 nitrogen and oxygen atoms in total. The molecule has 3 rings (SSSR count). The van der Waals surface area contributed by atoms with Gasteiger partial charge in [0.2, 0.25) is 5.91 Å². The second-order valence-corrected chi connectivity index (χ2v) is 5.13. The predicted molar refractivity (Wildman–Crippen MR) is 91.8 cm³/mol. The van der Waals surface area contributed by atoms with Crippen LogP contribution in [0, 0.1) is 0 Å². The summed E-state index contributed by atoms with van der Waals surface area (Å²) in [6.45, 7) is 6.14. The molecule has 3 aliphatic heterocycles. The molecule has 2 bridgehead atoms. The van der Waals surface area contributed by atoms with E-state index in [9.17, 15) is 4.79 Å². The maximum Gasteiger partial charge on any atom is 0.222 e. The van der Waals surface area contributed by atoms with Crippen LogP contribution in [0.15, 0.2) is 0 Å². The van der Waals surface area contributed by atoms with Crippen molar-refractivity contribution in [3.05, 3.63) is 0 Å². The van der Waals surface area contributed by atoms with E-state index in [-0.39, 0.29) is 5.91 Å². The zero-order valence-corrected chi connectivity index (χ0v) is 11.8. The Morgan fingerprint density at radius 2 is 1.79 bits per heavy atom. The fourth-order valence-electron chi connectivity index (χ4n) is 2.82. The van der Waals surface area contributed by atoms with Crippen LogP contribution >= 0.6 is 0 Å². The number of carbonyl (C=O) groups excluding carboxylic acids is 1. The first-order chi connectivity index (χ1) is 9.26. The van der Waals surface area contributed by atoms with Gasteiger partial charge in [-0.05, 0) is 13.8 Å². The molecule has 3 heterocycles. The number of carbonyl (C=O) groups is 1. The smallest absolute Gasteiger partial charge is 0.222 e. The quantitative estimate of drug-likeness (QED) is 0.518. The van der Waals surface area contributed by atoms with Gasteiger partial charge in [0.25, 0.3) is 0 Å². The van der Waals surface area contributed by atoms with Gasteiger partial charge in [0.05, 0.1) is 13.7 Å². The average Bonchev–Trinajstić information content (AvgIpc) is 2.43. The summed E-state index contributed by atoms with van der Waals surface area (Å²) in [6.07, 6.45) is 0.659.